The number of aliphatic hydroxyl groups is 1. The Hall–Kier alpha value is -1.77. The lowest BCUT2D eigenvalue weighted by atomic mass is 9.83. The molecule has 3 N–H and O–H groups in total. The highest BCUT2D eigenvalue weighted by Gasteiger charge is 2.56. The first kappa shape index (κ1) is 16.1. The van der Waals surface area contributed by atoms with Crippen molar-refractivity contribution in [2.45, 2.75) is 25.5 Å². The number of carbonyl (C=O) groups excluding carboxylic acids is 1. The summed E-state index contributed by atoms with van der Waals surface area (Å²) in [6.45, 7) is 1.56. The van der Waals surface area contributed by atoms with Gasteiger partial charge in [-0.15, -0.1) is 11.3 Å². The van der Waals surface area contributed by atoms with Crippen molar-refractivity contribution in [3.8, 4) is 0 Å². The van der Waals surface area contributed by atoms with E-state index in [2.05, 4.69) is 5.32 Å². The van der Waals surface area contributed by atoms with Gasteiger partial charge in [0.1, 0.15) is 10.7 Å². The van der Waals surface area contributed by atoms with Gasteiger partial charge in [0, 0.05) is 17.5 Å². The van der Waals surface area contributed by atoms with Crippen LogP contribution in [0.3, 0.4) is 0 Å². The molecule has 6 nitrogen and oxygen atoms in total. The zero-order chi connectivity index (χ0) is 16.9. The van der Waals surface area contributed by atoms with Crippen LogP contribution in [0.15, 0.2) is 17.8 Å². The number of amides is 1. The monoisotopic (exact) mass is 352 g/mol. The number of aliphatic carboxylic acids is 1. The van der Waals surface area contributed by atoms with E-state index in [0.717, 1.165) is 9.75 Å². The van der Waals surface area contributed by atoms with E-state index in [-0.39, 0.29) is 17.6 Å². The van der Waals surface area contributed by atoms with E-state index in [0.29, 0.717) is 17.0 Å². The third kappa shape index (κ3) is 2.37. The first-order valence-corrected chi connectivity index (χ1v) is 8.39. The summed E-state index contributed by atoms with van der Waals surface area (Å²) >= 11 is 6.59. The first-order valence-electron chi connectivity index (χ1n) is 7.16. The number of fused-ring (bicyclic) bond motifs is 1. The predicted octanol–water partition coefficient (Wildman–Crippen LogP) is 1.05. The smallest absolute Gasteiger partial charge is 0.352 e. The van der Waals surface area contributed by atoms with E-state index in [1.165, 1.54) is 16.2 Å². The number of carbonyl (C=O) groups is 2. The molecule has 122 valence electrons. The Morgan fingerprint density at radius 3 is 2.78 bits per heavy atom. The Morgan fingerprint density at radius 1 is 1.52 bits per heavy atom. The molecular formula is C15H16N2O4S2. The molecule has 0 radical (unpaired) electrons. The summed E-state index contributed by atoms with van der Waals surface area (Å²) in [6, 6.07) is 3.40. The molecule has 0 aromatic carbocycles. The maximum atomic E-state index is 12.2. The minimum atomic E-state index is -1.12. The van der Waals surface area contributed by atoms with Crippen molar-refractivity contribution < 1.29 is 19.8 Å². The number of carboxylic acids is 1. The highest BCUT2D eigenvalue weighted by atomic mass is 32.1. The van der Waals surface area contributed by atoms with Gasteiger partial charge in [-0.05, 0) is 25.5 Å². The van der Waals surface area contributed by atoms with Crippen molar-refractivity contribution in [3.63, 3.8) is 0 Å². The van der Waals surface area contributed by atoms with Crippen molar-refractivity contribution >= 4 is 46.0 Å². The van der Waals surface area contributed by atoms with E-state index >= 15 is 0 Å². The lowest BCUT2D eigenvalue weighted by molar-refractivity contribution is -0.161. The fraction of sp³-hybridized carbons (Fsp3) is 0.400. The lowest BCUT2D eigenvalue weighted by Gasteiger charge is -2.44. The summed E-state index contributed by atoms with van der Waals surface area (Å²) in [7, 11) is 1.73. The number of carboxylic acid groups (broad SMARTS) is 1. The highest BCUT2D eigenvalue weighted by Crippen LogP contribution is 2.48. The normalized spacial score (nSPS) is 24.3. The van der Waals surface area contributed by atoms with E-state index in [9.17, 15) is 19.8 Å². The Labute approximate surface area is 142 Å². The van der Waals surface area contributed by atoms with Crippen LogP contribution in [0, 0.1) is 5.92 Å². The molecule has 3 rings (SSSR count). The average molecular weight is 352 g/mol. The van der Waals surface area contributed by atoms with Crippen LogP contribution in [0.1, 0.15) is 23.1 Å². The number of nitrogens with one attached hydrogen (secondary N) is 1. The Bertz CT molecular complexity index is 738. The molecule has 1 fully saturated rings. The predicted molar refractivity (Wildman–Crippen MR) is 90.1 cm³/mol. The van der Waals surface area contributed by atoms with E-state index in [4.69, 9.17) is 12.2 Å². The molecule has 23 heavy (non-hydrogen) atoms. The number of rotatable bonds is 4. The van der Waals surface area contributed by atoms with Crippen LogP contribution in [-0.2, 0) is 9.59 Å². The summed E-state index contributed by atoms with van der Waals surface area (Å²) in [5.41, 5.74) is 0.662. The molecule has 2 aliphatic heterocycles. The second kappa shape index (κ2) is 5.70. The topological polar surface area (TPSA) is 89.9 Å². The highest BCUT2D eigenvalue weighted by molar-refractivity contribution is 7.81. The zero-order valence-electron chi connectivity index (χ0n) is 12.6. The molecule has 2 aliphatic rings. The van der Waals surface area contributed by atoms with Gasteiger partial charge in [-0.3, -0.25) is 4.79 Å². The van der Waals surface area contributed by atoms with Crippen LogP contribution in [-0.4, -0.2) is 51.2 Å². The molecule has 0 spiro atoms. The molecule has 1 aromatic heterocycles. The summed E-state index contributed by atoms with van der Waals surface area (Å²) < 4.78 is 0. The quantitative estimate of drug-likeness (QED) is 0.554. The number of β-lactam (4-membered cyclic amide) rings is 1. The van der Waals surface area contributed by atoms with Crippen molar-refractivity contribution in [3.05, 3.63) is 27.6 Å². The standard InChI is InChI=1S/C15H16N2O4S2/c1-6(18)11-8-5-7(12(15(20)21)17(8)14(11)19)9-3-4-10(23-9)13(22)16-2/h3-4,6,8,11,18H,5H2,1-2H3,(H,16,22)(H,20,21)/t6-,8-,11-/m1/s1. The van der Waals surface area contributed by atoms with Crippen molar-refractivity contribution in [1.29, 1.82) is 0 Å². The van der Waals surface area contributed by atoms with E-state index < -0.39 is 18.0 Å². The minimum Gasteiger partial charge on any atom is -0.477 e. The molecule has 8 heteroatoms. The maximum Gasteiger partial charge on any atom is 0.352 e. The second-order valence-corrected chi connectivity index (χ2v) is 7.11. The lowest BCUT2D eigenvalue weighted by Crippen LogP contribution is -2.61. The van der Waals surface area contributed by atoms with E-state index in [1.54, 1.807) is 14.0 Å². The fourth-order valence-corrected chi connectivity index (χ4v) is 4.44. The summed E-state index contributed by atoms with van der Waals surface area (Å²) in [5.74, 6) is -1.97. The molecule has 1 saturated heterocycles. The molecular weight excluding hydrogens is 336 g/mol. The van der Waals surface area contributed by atoms with Gasteiger partial charge in [-0.25, -0.2) is 4.79 Å². The van der Waals surface area contributed by atoms with Gasteiger partial charge in [0.05, 0.1) is 22.9 Å². The van der Waals surface area contributed by atoms with Crippen LogP contribution >= 0.6 is 23.6 Å². The molecule has 3 heterocycles. The van der Waals surface area contributed by atoms with Gasteiger partial charge >= 0.3 is 5.97 Å². The molecule has 1 amide bonds. The summed E-state index contributed by atoms with van der Waals surface area (Å²) in [5, 5.41) is 22.2. The number of hydrogen-bond acceptors (Lipinski definition) is 5. The number of aliphatic hydroxyl groups excluding tert-OH is 1. The first-order chi connectivity index (χ1) is 10.9. The number of thiophene rings is 1. The third-order valence-corrected chi connectivity index (χ3v) is 6.00. The van der Waals surface area contributed by atoms with Gasteiger partial charge in [-0.1, -0.05) is 12.2 Å². The Morgan fingerprint density at radius 2 is 2.22 bits per heavy atom. The average Bonchev–Trinajstić information content (AvgIpc) is 3.08. The SMILES string of the molecule is CNC(=S)c1ccc(C2=C(C(=O)O)N3C(=O)[C@H]([C@@H](C)O)[C@H]3C2)s1. The molecule has 0 aliphatic carbocycles. The summed E-state index contributed by atoms with van der Waals surface area (Å²) in [6.07, 6.45) is -0.344. The van der Waals surface area contributed by atoms with E-state index in [1.807, 2.05) is 12.1 Å². The van der Waals surface area contributed by atoms with Gasteiger partial charge < -0.3 is 20.4 Å². The van der Waals surface area contributed by atoms with Gasteiger partial charge in [-0.2, -0.15) is 0 Å². The second-order valence-electron chi connectivity index (χ2n) is 5.62. The van der Waals surface area contributed by atoms with Crippen LogP contribution in [0.5, 0.6) is 0 Å². The van der Waals surface area contributed by atoms with Crippen molar-refractivity contribution in [2.24, 2.45) is 5.92 Å². The van der Waals surface area contributed by atoms with Crippen molar-refractivity contribution in [2.75, 3.05) is 7.05 Å². The molecule has 0 unspecified atom stereocenters. The summed E-state index contributed by atoms with van der Waals surface area (Å²) in [4.78, 5) is 27.4. The molecule has 0 saturated carbocycles. The van der Waals surface area contributed by atoms with Crippen LogP contribution in [0.4, 0.5) is 0 Å². The Kier molecular flexibility index (Phi) is 3.99. The van der Waals surface area contributed by atoms with Crippen LogP contribution < -0.4 is 5.32 Å². The van der Waals surface area contributed by atoms with Crippen molar-refractivity contribution in [1.82, 2.24) is 10.2 Å². The molecule has 1 aromatic rings. The molecule has 3 atom stereocenters. The van der Waals surface area contributed by atoms with Crippen LogP contribution in [0.2, 0.25) is 0 Å². The zero-order valence-corrected chi connectivity index (χ0v) is 14.2. The largest absolute Gasteiger partial charge is 0.477 e. The van der Waals surface area contributed by atoms with Gasteiger partial charge in [0.2, 0.25) is 5.91 Å². The Balaban J connectivity index is 1.98. The van der Waals surface area contributed by atoms with Crippen LogP contribution in [0.25, 0.3) is 5.57 Å². The molecule has 0 bridgehead atoms. The maximum absolute atomic E-state index is 12.2. The number of nitrogens with zero attached hydrogens (tertiary/aromatic N) is 1. The van der Waals surface area contributed by atoms with Gasteiger partial charge in [0.15, 0.2) is 0 Å². The number of hydrogen-bond donors (Lipinski definition) is 3. The number of thiocarbonyl (C=S) groups is 1. The third-order valence-electron chi connectivity index (χ3n) is 4.29. The minimum absolute atomic E-state index is 0.0284. The van der Waals surface area contributed by atoms with Gasteiger partial charge in [0.25, 0.3) is 0 Å². The fourth-order valence-electron chi connectivity index (χ4n) is 3.24.